The number of nitriles is 1. The summed E-state index contributed by atoms with van der Waals surface area (Å²) in [5.41, 5.74) is 1.12. The number of carbonyl (C=O) groups is 2. The second-order valence-electron chi connectivity index (χ2n) is 4.79. The molecule has 0 saturated heterocycles. The van der Waals surface area contributed by atoms with Crippen LogP contribution in [0.15, 0.2) is 34.9 Å². The van der Waals surface area contributed by atoms with E-state index < -0.39 is 5.97 Å². The first-order valence-electron chi connectivity index (χ1n) is 7.03. The third kappa shape index (κ3) is 5.44. The van der Waals surface area contributed by atoms with Gasteiger partial charge in [0.1, 0.15) is 12.4 Å². The number of hydrogen-bond donors (Lipinski definition) is 1. The molecule has 1 amide bonds. The molecule has 0 spiro atoms. The maximum Gasteiger partial charge on any atom is 0.316 e. The van der Waals surface area contributed by atoms with Crippen LogP contribution in [-0.2, 0) is 20.9 Å². The highest BCUT2D eigenvalue weighted by Gasteiger charge is 2.10. The van der Waals surface area contributed by atoms with Crippen LogP contribution in [0.3, 0.4) is 0 Å². The molecule has 0 radical (unpaired) electrons. The molecule has 8 heteroatoms. The number of benzene rings is 1. The Balaban J connectivity index is 1.68. The lowest BCUT2D eigenvalue weighted by atomic mass is 10.1. The van der Waals surface area contributed by atoms with Gasteiger partial charge in [0.05, 0.1) is 23.1 Å². The number of carbonyl (C=O) groups excluding carboxylic acids is 2. The first-order valence-corrected chi connectivity index (χ1v) is 8.18. The van der Waals surface area contributed by atoms with Crippen molar-refractivity contribution in [1.82, 2.24) is 5.16 Å². The fourth-order valence-electron chi connectivity index (χ4n) is 1.79. The Labute approximate surface area is 143 Å². The van der Waals surface area contributed by atoms with Gasteiger partial charge in [-0.3, -0.25) is 9.59 Å². The largest absolute Gasteiger partial charge is 0.460 e. The van der Waals surface area contributed by atoms with Gasteiger partial charge in [-0.25, -0.2) is 0 Å². The maximum atomic E-state index is 11.7. The van der Waals surface area contributed by atoms with Crippen LogP contribution in [0.2, 0.25) is 0 Å². The molecular weight excluding hydrogens is 330 g/mol. The van der Waals surface area contributed by atoms with Gasteiger partial charge in [-0.15, -0.1) is 11.8 Å². The molecule has 0 unspecified atom stereocenters. The predicted octanol–water partition coefficient (Wildman–Crippen LogP) is 2.27. The van der Waals surface area contributed by atoms with Crippen LogP contribution in [0.5, 0.6) is 0 Å². The second-order valence-corrected chi connectivity index (χ2v) is 5.78. The number of aromatic nitrogens is 1. The first kappa shape index (κ1) is 17.6. The van der Waals surface area contributed by atoms with Crippen molar-refractivity contribution in [3.8, 4) is 6.07 Å². The van der Waals surface area contributed by atoms with E-state index in [1.54, 1.807) is 37.3 Å². The molecule has 1 N–H and O–H groups in total. The molecule has 0 bridgehead atoms. The van der Waals surface area contributed by atoms with Gasteiger partial charge in [-0.2, -0.15) is 5.26 Å². The Morgan fingerprint density at radius 1 is 1.38 bits per heavy atom. The number of thioether (sulfide) groups is 1. The zero-order valence-electron chi connectivity index (χ0n) is 12.9. The van der Waals surface area contributed by atoms with Crippen molar-refractivity contribution in [2.24, 2.45) is 0 Å². The lowest BCUT2D eigenvalue weighted by molar-refractivity contribution is -0.141. The predicted molar refractivity (Wildman–Crippen MR) is 88.1 cm³/mol. The van der Waals surface area contributed by atoms with Crippen LogP contribution in [0.25, 0.3) is 0 Å². The zero-order chi connectivity index (χ0) is 17.4. The quantitative estimate of drug-likeness (QED) is 0.767. The highest BCUT2D eigenvalue weighted by atomic mass is 32.2. The Morgan fingerprint density at radius 3 is 2.88 bits per heavy atom. The minimum atomic E-state index is -0.446. The molecule has 24 heavy (non-hydrogen) atoms. The normalized spacial score (nSPS) is 10.0. The number of nitrogens with zero attached hydrogens (tertiary/aromatic N) is 2. The van der Waals surface area contributed by atoms with E-state index in [4.69, 9.17) is 14.5 Å². The van der Waals surface area contributed by atoms with Gasteiger partial charge in [0.2, 0.25) is 5.91 Å². The van der Waals surface area contributed by atoms with Gasteiger partial charge in [0, 0.05) is 11.6 Å². The lowest BCUT2D eigenvalue weighted by Crippen LogP contribution is -2.16. The van der Waals surface area contributed by atoms with Crippen molar-refractivity contribution in [3.05, 3.63) is 47.2 Å². The van der Waals surface area contributed by atoms with Crippen molar-refractivity contribution in [2.45, 2.75) is 13.5 Å². The molecule has 1 heterocycles. The summed E-state index contributed by atoms with van der Waals surface area (Å²) in [6.45, 7) is 1.76. The molecular formula is C16H15N3O4S. The SMILES string of the molecule is Cc1cc(NC(=O)CSCC(=O)OCc2ccccc2C#N)no1. The molecule has 1 aromatic carbocycles. The minimum Gasteiger partial charge on any atom is -0.460 e. The van der Waals surface area contributed by atoms with Gasteiger partial charge < -0.3 is 14.6 Å². The summed E-state index contributed by atoms with van der Waals surface area (Å²) >= 11 is 1.13. The molecule has 7 nitrogen and oxygen atoms in total. The number of hydrogen-bond acceptors (Lipinski definition) is 7. The number of rotatable bonds is 7. The highest BCUT2D eigenvalue weighted by molar-refractivity contribution is 8.00. The number of nitrogens with one attached hydrogen (secondary N) is 1. The van der Waals surface area contributed by atoms with E-state index in [0.29, 0.717) is 22.7 Å². The van der Waals surface area contributed by atoms with Crippen LogP contribution in [-0.4, -0.2) is 28.5 Å². The summed E-state index contributed by atoms with van der Waals surface area (Å²) in [6, 6.07) is 10.5. The van der Waals surface area contributed by atoms with E-state index in [1.807, 2.05) is 6.07 Å². The first-order chi connectivity index (χ1) is 11.6. The summed E-state index contributed by atoms with van der Waals surface area (Å²) in [6.07, 6.45) is 0. The number of anilines is 1. The standard InChI is InChI=1S/C16H15N3O4S/c1-11-6-14(19-23-11)18-15(20)9-24-10-16(21)22-8-13-5-3-2-4-12(13)7-17/h2-6H,8-10H2,1H3,(H,18,19,20). The molecule has 0 aliphatic carbocycles. The third-order valence-electron chi connectivity index (χ3n) is 2.87. The molecule has 1 aromatic heterocycles. The Kier molecular flexibility index (Phi) is 6.40. The monoisotopic (exact) mass is 345 g/mol. The summed E-state index contributed by atoms with van der Waals surface area (Å²) in [5, 5.41) is 15.2. The smallest absolute Gasteiger partial charge is 0.316 e. The summed E-state index contributed by atoms with van der Waals surface area (Å²) < 4.78 is 9.94. The number of aryl methyl sites for hydroxylation is 1. The Morgan fingerprint density at radius 2 is 2.17 bits per heavy atom. The van der Waals surface area contributed by atoms with E-state index in [1.165, 1.54) is 0 Å². The van der Waals surface area contributed by atoms with Crippen LogP contribution in [0.4, 0.5) is 5.82 Å². The van der Waals surface area contributed by atoms with Crippen molar-refractivity contribution in [1.29, 1.82) is 5.26 Å². The average Bonchev–Trinajstić information content (AvgIpc) is 2.98. The van der Waals surface area contributed by atoms with Crippen molar-refractivity contribution in [2.75, 3.05) is 16.8 Å². The van der Waals surface area contributed by atoms with Crippen molar-refractivity contribution in [3.63, 3.8) is 0 Å². The van der Waals surface area contributed by atoms with Crippen LogP contribution >= 0.6 is 11.8 Å². The zero-order valence-corrected chi connectivity index (χ0v) is 13.8. The lowest BCUT2D eigenvalue weighted by Gasteiger charge is -2.06. The van der Waals surface area contributed by atoms with Crippen LogP contribution in [0.1, 0.15) is 16.9 Å². The highest BCUT2D eigenvalue weighted by Crippen LogP contribution is 2.11. The number of ether oxygens (including phenoxy) is 1. The van der Waals surface area contributed by atoms with Gasteiger partial charge in [-0.05, 0) is 13.0 Å². The van der Waals surface area contributed by atoms with Gasteiger partial charge in [0.25, 0.3) is 0 Å². The molecule has 124 valence electrons. The fraction of sp³-hybridized carbons (Fsp3) is 0.250. The molecule has 0 saturated carbocycles. The Bertz CT molecular complexity index is 767. The van der Waals surface area contributed by atoms with Crippen LogP contribution in [0, 0.1) is 18.3 Å². The molecule has 0 atom stereocenters. The van der Waals surface area contributed by atoms with Crippen molar-refractivity contribution < 1.29 is 18.8 Å². The third-order valence-corrected chi connectivity index (χ3v) is 3.78. The maximum absolute atomic E-state index is 11.7. The summed E-state index contributed by atoms with van der Waals surface area (Å²) in [7, 11) is 0. The molecule has 0 aliphatic heterocycles. The summed E-state index contributed by atoms with van der Waals surface area (Å²) in [4.78, 5) is 23.3. The van der Waals surface area contributed by atoms with E-state index >= 15 is 0 Å². The average molecular weight is 345 g/mol. The van der Waals surface area contributed by atoms with Crippen LogP contribution < -0.4 is 5.32 Å². The Hall–Kier alpha value is -2.79. The van der Waals surface area contributed by atoms with Gasteiger partial charge in [-0.1, -0.05) is 23.4 Å². The topological polar surface area (TPSA) is 105 Å². The molecule has 2 rings (SSSR count). The molecule has 0 aliphatic rings. The van der Waals surface area contributed by atoms with Gasteiger partial charge >= 0.3 is 5.97 Å². The number of esters is 1. The van der Waals surface area contributed by atoms with E-state index in [-0.39, 0.29) is 24.0 Å². The van der Waals surface area contributed by atoms with Crippen molar-refractivity contribution >= 4 is 29.5 Å². The fourth-order valence-corrected chi connectivity index (χ4v) is 2.40. The minimum absolute atomic E-state index is 0.0353. The second kappa shape index (κ2) is 8.74. The van der Waals surface area contributed by atoms with E-state index in [2.05, 4.69) is 10.5 Å². The summed E-state index contributed by atoms with van der Waals surface area (Å²) in [5.74, 6) is 0.345. The van der Waals surface area contributed by atoms with E-state index in [9.17, 15) is 9.59 Å². The number of amides is 1. The van der Waals surface area contributed by atoms with Gasteiger partial charge in [0.15, 0.2) is 5.82 Å². The van der Waals surface area contributed by atoms with E-state index in [0.717, 1.165) is 11.8 Å². The molecule has 2 aromatic rings. The molecule has 0 fully saturated rings.